The van der Waals surface area contributed by atoms with Crippen LogP contribution in [0, 0.1) is 0 Å². The molecule has 0 aromatic heterocycles. The second kappa shape index (κ2) is 31.9. The highest BCUT2D eigenvalue weighted by atomic mass is 31.2. The monoisotopic (exact) mass is 711 g/mol. The van der Waals surface area contributed by atoms with Gasteiger partial charge in [0.1, 0.15) is 19.8 Å². The number of rotatable bonds is 33. The molecule has 0 aromatic carbocycles. The van der Waals surface area contributed by atoms with Crippen molar-refractivity contribution in [2.75, 3.05) is 47.5 Å². The van der Waals surface area contributed by atoms with E-state index in [4.69, 9.17) is 18.5 Å². The lowest BCUT2D eigenvalue weighted by atomic mass is 10.0. The molecule has 0 fully saturated rings. The zero-order chi connectivity index (χ0) is 36.5. The molecule has 9 nitrogen and oxygen atoms in total. The van der Waals surface area contributed by atoms with E-state index < -0.39 is 32.5 Å². The van der Waals surface area contributed by atoms with E-state index in [-0.39, 0.29) is 26.1 Å². The molecule has 0 aliphatic carbocycles. The van der Waals surface area contributed by atoms with Crippen molar-refractivity contribution in [2.24, 2.45) is 0 Å². The van der Waals surface area contributed by atoms with Gasteiger partial charge in [-0.05, 0) is 32.1 Å². The molecule has 0 amide bonds. The van der Waals surface area contributed by atoms with Gasteiger partial charge in [-0.3, -0.25) is 14.2 Å². The summed E-state index contributed by atoms with van der Waals surface area (Å²) in [5.74, 6) is -0.885. The van der Waals surface area contributed by atoms with E-state index in [2.05, 4.69) is 26.0 Å². The molecule has 0 rings (SSSR count). The van der Waals surface area contributed by atoms with E-state index >= 15 is 0 Å². The van der Waals surface area contributed by atoms with Crippen LogP contribution < -0.4 is 4.89 Å². The minimum absolute atomic E-state index is 0.0397. The number of nitrogens with zero attached hydrogens (tertiary/aromatic N) is 1. The molecule has 0 heterocycles. The first-order valence-electron chi connectivity index (χ1n) is 18.9. The number of hydrogen-bond donors (Lipinski definition) is 0. The number of carbonyl (C=O) groups is 2. The Morgan fingerprint density at radius 3 is 1.73 bits per heavy atom. The second-order valence-electron chi connectivity index (χ2n) is 13.7. The molecule has 0 saturated carbocycles. The number of unbranched alkanes of at least 4 members (excludes halogenated alkanes) is 14. The summed E-state index contributed by atoms with van der Waals surface area (Å²) >= 11 is 0. The van der Waals surface area contributed by atoms with Crippen molar-refractivity contribution in [1.82, 2.24) is 0 Å². The Balaban J connectivity index is 4.53. The molecule has 0 N–H and O–H groups in total. The number of hydrogen-bond acceptors (Lipinski definition) is 8. The van der Waals surface area contributed by atoms with Crippen LogP contribution in [0.1, 0.15) is 136 Å². The van der Waals surface area contributed by atoms with Crippen LogP contribution in [0.3, 0.4) is 0 Å². The predicted molar refractivity (Wildman–Crippen MR) is 199 cm³/mol. The minimum atomic E-state index is -4.63. The molecule has 2 unspecified atom stereocenters. The van der Waals surface area contributed by atoms with Crippen LogP contribution in [0.25, 0.3) is 0 Å². The molecular formula is C39H70NO8P. The average molecular weight is 712 g/mol. The Morgan fingerprint density at radius 1 is 0.653 bits per heavy atom. The van der Waals surface area contributed by atoms with E-state index in [1.54, 1.807) is 0 Å². The van der Waals surface area contributed by atoms with Gasteiger partial charge in [-0.25, -0.2) is 0 Å². The first-order valence-corrected chi connectivity index (χ1v) is 20.4. The second-order valence-corrected chi connectivity index (χ2v) is 15.1. The predicted octanol–water partition coefficient (Wildman–Crippen LogP) is 9.33. The standard InChI is InChI=1S/C39H70NO8P/c1-6-8-10-12-14-16-18-20-22-24-26-28-30-32-39(42)48-37(36-47-49(43,44)46-34-33-40(3,4)5)35-45-38(41)31-29-27-25-23-21-19-17-15-13-11-9-7-2/h8,10,12,14,16,18,20,22,37H,6-7,9,11,13,15,17,19,21,23-36H2,1-5H3/b10-8+,14-12+,18-16+,22-20+. The van der Waals surface area contributed by atoms with Crippen LogP contribution in [-0.4, -0.2) is 70.0 Å². The van der Waals surface area contributed by atoms with Crippen molar-refractivity contribution in [1.29, 1.82) is 0 Å². The third-order valence-corrected chi connectivity index (χ3v) is 8.67. The van der Waals surface area contributed by atoms with Crippen LogP contribution in [0.2, 0.25) is 0 Å². The molecule has 10 heteroatoms. The fourth-order valence-corrected chi connectivity index (χ4v) is 5.45. The van der Waals surface area contributed by atoms with Crippen molar-refractivity contribution < 1.29 is 42.1 Å². The number of phosphoric acid groups is 1. The Morgan fingerprint density at radius 2 is 1.16 bits per heavy atom. The van der Waals surface area contributed by atoms with Crippen molar-refractivity contribution in [3.63, 3.8) is 0 Å². The number of esters is 2. The van der Waals surface area contributed by atoms with Gasteiger partial charge in [0.05, 0.1) is 27.7 Å². The summed E-state index contributed by atoms with van der Waals surface area (Å²) < 4.78 is 33.7. The van der Waals surface area contributed by atoms with Crippen molar-refractivity contribution in [3.8, 4) is 0 Å². The summed E-state index contributed by atoms with van der Waals surface area (Å²) in [7, 11) is 1.13. The molecule has 49 heavy (non-hydrogen) atoms. The maximum atomic E-state index is 12.6. The number of quaternary nitrogens is 1. The van der Waals surface area contributed by atoms with Crippen LogP contribution in [0.5, 0.6) is 0 Å². The van der Waals surface area contributed by atoms with E-state index in [1.165, 1.54) is 57.8 Å². The SMILES string of the molecule is CC/C=C/C=C/C=C/C=C/CCCCCC(=O)OC(COC(=O)CCCCCCCCCCCCCC)COP(=O)([O-])OCC[N+](C)(C)C. The lowest BCUT2D eigenvalue weighted by Gasteiger charge is -2.28. The van der Waals surface area contributed by atoms with Gasteiger partial charge in [-0.1, -0.05) is 140 Å². The highest BCUT2D eigenvalue weighted by Crippen LogP contribution is 2.38. The average Bonchev–Trinajstić information content (AvgIpc) is 3.04. The lowest BCUT2D eigenvalue weighted by molar-refractivity contribution is -0.870. The zero-order valence-corrected chi connectivity index (χ0v) is 32.5. The number of allylic oxidation sites excluding steroid dienone is 8. The highest BCUT2D eigenvalue weighted by molar-refractivity contribution is 7.45. The smallest absolute Gasteiger partial charge is 0.306 e. The number of ether oxygens (including phenoxy) is 2. The first-order chi connectivity index (χ1) is 23.5. The number of carbonyl (C=O) groups excluding carboxylic acids is 2. The van der Waals surface area contributed by atoms with Crippen molar-refractivity contribution >= 4 is 19.8 Å². The summed E-state index contributed by atoms with van der Waals surface area (Å²) in [6, 6.07) is 0. The molecule has 0 aliphatic heterocycles. The molecule has 0 aromatic rings. The fourth-order valence-electron chi connectivity index (χ4n) is 4.72. The minimum Gasteiger partial charge on any atom is -0.756 e. The lowest BCUT2D eigenvalue weighted by Crippen LogP contribution is -2.37. The summed E-state index contributed by atoms with van der Waals surface area (Å²) in [5, 5.41) is 0. The van der Waals surface area contributed by atoms with Gasteiger partial charge in [-0.2, -0.15) is 0 Å². The highest BCUT2D eigenvalue weighted by Gasteiger charge is 2.21. The molecule has 0 bridgehead atoms. The van der Waals surface area contributed by atoms with E-state index in [0.29, 0.717) is 17.4 Å². The van der Waals surface area contributed by atoms with Gasteiger partial charge in [0.2, 0.25) is 0 Å². The number of likely N-dealkylation sites (N-methyl/N-ethyl adjacent to an activating group) is 1. The third kappa shape index (κ3) is 35.6. The molecular weight excluding hydrogens is 641 g/mol. The normalized spacial score (nSPS) is 14.3. The summed E-state index contributed by atoms with van der Waals surface area (Å²) in [6.45, 7) is 4.00. The first kappa shape index (κ1) is 47.0. The molecule has 0 spiro atoms. The molecule has 2 atom stereocenters. The summed E-state index contributed by atoms with van der Waals surface area (Å²) in [4.78, 5) is 37.3. The zero-order valence-electron chi connectivity index (χ0n) is 31.6. The molecule has 0 radical (unpaired) electrons. The van der Waals surface area contributed by atoms with Gasteiger partial charge in [0, 0.05) is 12.8 Å². The Kier molecular flexibility index (Phi) is 30.6. The maximum Gasteiger partial charge on any atom is 0.306 e. The number of phosphoric ester groups is 1. The summed E-state index contributed by atoms with van der Waals surface area (Å²) in [5.41, 5.74) is 0. The van der Waals surface area contributed by atoms with Crippen LogP contribution >= 0.6 is 7.82 Å². The van der Waals surface area contributed by atoms with Gasteiger partial charge in [-0.15, -0.1) is 0 Å². The van der Waals surface area contributed by atoms with Crippen LogP contribution in [0.4, 0.5) is 0 Å². The maximum absolute atomic E-state index is 12.6. The van der Waals surface area contributed by atoms with E-state index in [0.717, 1.165) is 44.9 Å². The van der Waals surface area contributed by atoms with Crippen molar-refractivity contribution in [2.45, 2.75) is 142 Å². The molecule has 0 saturated heterocycles. The van der Waals surface area contributed by atoms with Crippen LogP contribution in [0.15, 0.2) is 48.6 Å². The molecule has 284 valence electrons. The van der Waals surface area contributed by atoms with Crippen molar-refractivity contribution in [3.05, 3.63) is 48.6 Å². The van der Waals surface area contributed by atoms with Gasteiger partial charge < -0.3 is 27.9 Å². The van der Waals surface area contributed by atoms with Gasteiger partial charge in [0.25, 0.3) is 7.82 Å². The topological polar surface area (TPSA) is 111 Å². The largest absolute Gasteiger partial charge is 0.756 e. The van der Waals surface area contributed by atoms with E-state index in [1.807, 2.05) is 57.6 Å². The van der Waals surface area contributed by atoms with E-state index in [9.17, 15) is 19.0 Å². The van der Waals surface area contributed by atoms with Gasteiger partial charge in [0.15, 0.2) is 6.10 Å². The Hall–Kier alpha value is -2.03. The fraction of sp³-hybridized carbons (Fsp3) is 0.744. The quantitative estimate of drug-likeness (QED) is 0.0218. The third-order valence-electron chi connectivity index (χ3n) is 7.71. The molecule has 0 aliphatic rings. The van der Waals surface area contributed by atoms with Gasteiger partial charge >= 0.3 is 11.9 Å². The Bertz CT molecular complexity index is 986. The summed E-state index contributed by atoms with van der Waals surface area (Å²) in [6.07, 6.45) is 34.3. The van der Waals surface area contributed by atoms with Crippen LogP contribution in [-0.2, 0) is 32.7 Å². The Labute approximate surface area is 299 Å².